The van der Waals surface area contributed by atoms with Gasteiger partial charge in [-0.15, -0.1) is 0 Å². The lowest BCUT2D eigenvalue weighted by Crippen LogP contribution is -2.59. The number of nitrogens with one attached hydrogen (secondary N) is 8. The van der Waals surface area contributed by atoms with Crippen molar-refractivity contribution in [2.75, 3.05) is 32.8 Å². The maximum absolute atomic E-state index is 13.9. The van der Waals surface area contributed by atoms with E-state index in [1.807, 2.05) is 18.2 Å². The van der Waals surface area contributed by atoms with Gasteiger partial charge in [-0.05, 0) is 122 Å². The first kappa shape index (κ1) is 68.2. The molecule has 0 aliphatic heterocycles. The Morgan fingerprint density at radius 2 is 1.12 bits per heavy atom. The van der Waals surface area contributed by atoms with Gasteiger partial charge in [0.2, 0.25) is 41.4 Å². The van der Waals surface area contributed by atoms with Crippen molar-refractivity contribution in [1.82, 2.24) is 42.5 Å². The molecule has 1 aromatic rings. The Morgan fingerprint density at radius 3 is 1.61 bits per heavy atom. The summed E-state index contributed by atoms with van der Waals surface area (Å²) in [7, 11) is 0. The molecule has 3 aliphatic carbocycles. The average Bonchev–Trinajstić information content (AvgIpc) is 2.12. The van der Waals surface area contributed by atoms with Crippen LogP contribution in [0.3, 0.4) is 0 Å². The molecule has 30 nitrogen and oxygen atoms in total. The number of nitrogens with two attached hydrogens (primary N) is 4. The van der Waals surface area contributed by atoms with Crippen molar-refractivity contribution >= 4 is 77.1 Å². The highest BCUT2D eigenvalue weighted by Crippen LogP contribution is 2.61. The van der Waals surface area contributed by atoms with Gasteiger partial charge in [0.15, 0.2) is 18.5 Å². The van der Waals surface area contributed by atoms with E-state index < -0.39 is 146 Å². The summed E-state index contributed by atoms with van der Waals surface area (Å²) >= 11 is 0. The fraction of sp³-hybridized carbons (Fsp3) is 0.648. The van der Waals surface area contributed by atoms with Gasteiger partial charge in [0.1, 0.15) is 42.0 Å². The van der Waals surface area contributed by atoms with Gasteiger partial charge < -0.3 is 90.6 Å². The number of aliphatic imine (C=N–C) groups is 2. The van der Waals surface area contributed by atoms with Crippen molar-refractivity contribution in [2.24, 2.45) is 62.0 Å². The van der Waals surface area contributed by atoms with Crippen LogP contribution >= 0.6 is 0 Å². The summed E-state index contributed by atoms with van der Waals surface area (Å²) in [6.45, 7) is 6.12. The van der Waals surface area contributed by atoms with Crippen LogP contribution in [0.4, 0.5) is 0 Å². The predicted octanol–water partition coefficient (Wildman–Crippen LogP) is -3.12. The zero-order chi connectivity index (χ0) is 62.6. The van der Waals surface area contributed by atoms with Crippen LogP contribution in [0.5, 0.6) is 5.75 Å². The van der Waals surface area contributed by atoms with Crippen LogP contribution in [0.1, 0.15) is 122 Å². The molecule has 0 aromatic heterocycles. The number of carbonyl (C=O) groups is 11. The lowest BCUT2D eigenvalue weighted by molar-refractivity contribution is -0.144. The molecule has 11 atom stereocenters. The summed E-state index contributed by atoms with van der Waals surface area (Å²) in [4.78, 5) is 150. The molecule has 0 spiro atoms. The Bertz CT molecular complexity index is 2630. The second-order valence-electron chi connectivity index (χ2n) is 22.5. The Labute approximate surface area is 486 Å². The second-order valence-corrected chi connectivity index (χ2v) is 22.5. The third-order valence-electron chi connectivity index (χ3n) is 15.6. The number of rotatable bonds is 33. The van der Waals surface area contributed by atoms with Gasteiger partial charge >= 0.3 is 17.9 Å². The Kier molecular flexibility index (Phi) is 25.9. The molecule has 20 N–H and O–H groups in total. The Morgan fingerprint density at radius 1 is 0.619 bits per heavy atom. The summed E-state index contributed by atoms with van der Waals surface area (Å²) in [6, 6.07) is -3.43. The molecule has 84 heavy (non-hydrogen) atoms. The van der Waals surface area contributed by atoms with Crippen LogP contribution in [0, 0.1) is 29.1 Å². The molecule has 0 radical (unpaired) electrons. The number of carboxylic acid groups (broad SMARTS) is 3. The van der Waals surface area contributed by atoms with Crippen molar-refractivity contribution in [1.29, 1.82) is 0 Å². The highest BCUT2D eigenvalue weighted by Gasteiger charge is 2.54. The van der Waals surface area contributed by atoms with Crippen LogP contribution in [0.2, 0.25) is 0 Å². The number of aryl methyl sites for hydroxylation is 1. The molecule has 30 heteroatoms. The molecular formula is C54H84N14O16. The molecule has 0 heterocycles. The van der Waals surface area contributed by atoms with E-state index in [-0.39, 0.29) is 62.2 Å². The summed E-state index contributed by atoms with van der Waals surface area (Å²) in [5.41, 5.74) is 24.1. The van der Waals surface area contributed by atoms with E-state index in [1.165, 1.54) is 33.3 Å². The van der Waals surface area contributed by atoms with Crippen molar-refractivity contribution in [3.63, 3.8) is 0 Å². The highest BCUT2D eigenvalue weighted by molar-refractivity contribution is 5.98. The number of nitrogens with zero attached hydrogens (tertiary/aromatic N) is 2. The monoisotopic (exact) mass is 1180 g/mol. The average molecular weight is 1190 g/mol. The molecule has 0 bridgehead atoms. The van der Waals surface area contributed by atoms with Crippen LogP contribution < -0.4 is 70.2 Å². The van der Waals surface area contributed by atoms with E-state index in [1.54, 1.807) is 0 Å². The van der Waals surface area contributed by atoms with E-state index in [4.69, 9.17) is 27.7 Å². The SMILES string of the molecule is CC(C)[C@H](NC(=O)[C@H](CC(=O)O)NC(=O)CNC(=O)[C@H](CCCN=C(N)N)NC(=O)[C@@H](NC(=O)[C@H](CC(=O)O)NC(=O)CNC(=O)[C@H](CCCN=C(N)N)NC(=O)COc1ccc2c(c1)CC[C@@H]1[C@@H]2CC[C@]2(C)[C@@H](O)CC[C@@H]12)C(C)C)C(=O)O. The van der Waals surface area contributed by atoms with Gasteiger partial charge in [0.05, 0.1) is 32.0 Å². The Hall–Kier alpha value is -8.31. The number of amides is 8. The lowest BCUT2D eigenvalue weighted by atomic mass is 9.55. The number of hydrogen-bond acceptors (Lipinski definition) is 15. The summed E-state index contributed by atoms with van der Waals surface area (Å²) in [5.74, 6) is -12.4. The number of hydrogen-bond donors (Lipinski definition) is 16. The molecule has 2 fully saturated rings. The number of fused-ring (bicyclic) bond motifs is 5. The maximum atomic E-state index is 13.9. The van der Waals surface area contributed by atoms with Crippen LogP contribution in [-0.4, -0.2) is 173 Å². The van der Waals surface area contributed by atoms with Gasteiger partial charge in [-0.3, -0.25) is 57.9 Å². The molecule has 1 aromatic carbocycles. The number of aliphatic hydroxyl groups is 1. The predicted molar refractivity (Wildman–Crippen MR) is 302 cm³/mol. The maximum Gasteiger partial charge on any atom is 0.326 e. The standard InChI is InChI=1S/C54H84N14O16/c1-26(2)44(50(81)66-35(9-7-19-60-53(57)58)47(78)62-24-40(71)65-37(22-43(75)76)49(80)68-45(27(3)4)51(82)83)67-48(79)36(21-42(73)74)64-39(70)23-61-46(77)34(8-6-18-59-52(55)56)63-41(72)25-84-29-11-13-30-28(20-29)10-12-32-31(30)16-17-54(5)33(32)14-15-38(54)69/h11,13,20,26-27,31-38,44-45,69H,6-10,12,14-19,21-25H2,1-5H3,(H,61,77)(H,62,78)(H,63,72)(H,64,70)(H,65,71)(H,66,81)(H,67,79)(H,68,80)(H,73,74)(H,75,76)(H,82,83)(H4,55,56,59)(H4,57,58,60)/t31-,32-,33+,34+,35+,36+,37+,38+,44+,45+,54+/m1/s1. The van der Waals surface area contributed by atoms with Crippen molar-refractivity contribution in [3.8, 4) is 5.75 Å². The first-order chi connectivity index (χ1) is 39.5. The van der Waals surface area contributed by atoms with Crippen molar-refractivity contribution in [2.45, 2.75) is 160 Å². The first-order valence-corrected chi connectivity index (χ1v) is 28.1. The van der Waals surface area contributed by atoms with Gasteiger partial charge in [-0.25, -0.2) is 4.79 Å². The molecule has 2 saturated carbocycles. The number of benzene rings is 1. The second kappa shape index (κ2) is 31.9. The molecule has 0 saturated heterocycles. The minimum atomic E-state index is -1.83. The number of carboxylic acids is 3. The van der Waals surface area contributed by atoms with Crippen molar-refractivity contribution in [3.05, 3.63) is 29.3 Å². The number of aliphatic carboxylic acids is 3. The fourth-order valence-corrected chi connectivity index (χ4v) is 11.2. The zero-order valence-corrected chi connectivity index (χ0v) is 48.1. The van der Waals surface area contributed by atoms with E-state index in [2.05, 4.69) is 59.4 Å². The molecular weight excluding hydrogens is 1100 g/mol. The topological polar surface area (TPSA) is 503 Å². The van der Waals surface area contributed by atoms with E-state index in [9.17, 15) is 73.2 Å². The van der Waals surface area contributed by atoms with Crippen molar-refractivity contribution < 1.29 is 77.9 Å². The smallest absolute Gasteiger partial charge is 0.326 e. The van der Waals surface area contributed by atoms with Gasteiger partial charge in [0.25, 0.3) is 5.91 Å². The lowest BCUT2D eigenvalue weighted by Gasteiger charge is -2.50. The third-order valence-corrected chi connectivity index (χ3v) is 15.6. The molecule has 0 unspecified atom stereocenters. The van der Waals surface area contributed by atoms with Gasteiger partial charge in [0, 0.05) is 13.1 Å². The van der Waals surface area contributed by atoms with Gasteiger partial charge in [-0.2, -0.15) is 0 Å². The van der Waals surface area contributed by atoms with E-state index in [0.29, 0.717) is 23.5 Å². The minimum absolute atomic E-state index is 0.00304. The molecule has 3 aliphatic rings. The minimum Gasteiger partial charge on any atom is -0.484 e. The molecule has 8 amide bonds. The fourth-order valence-electron chi connectivity index (χ4n) is 11.2. The zero-order valence-electron chi connectivity index (χ0n) is 48.1. The van der Waals surface area contributed by atoms with Gasteiger partial charge in [-0.1, -0.05) is 40.7 Å². The largest absolute Gasteiger partial charge is 0.484 e. The Balaban J connectivity index is 1.38. The number of aliphatic hydroxyl groups excluding tert-OH is 1. The quantitative estimate of drug-likeness (QED) is 0.0188. The summed E-state index contributed by atoms with van der Waals surface area (Å²) < 4.78 is 5.89. The number of guanidine groups is 2. The van der Waals surface area contributed by atoms with E-state index in [0.717, 1.165) is 44.1 Å². The van der Waals surface area contributed by atoms with Crippen LogP contribution in [0.15, 0.2) is 28.2 Å². The number of carbonyl (C=O) groups excluding carboxylic acids is 8. The molecule has 466 valence electrons. The molecule has 4 rings (SSSR count). The highest BCUT2D eigenvalue weighted by atomic mass is 16.5. The van der Waals surface area contributed by atoms with Crippen LogP contribution in [-0.2, 0) is 59.2 Å². The number of ether oxygens (including phenoxy) is 1. The van der Waals surface area contributed by atoms with E-state index >= 15 is 0 Å². The third kappa shape index (κ3) is 20.5. The first-order valence-electron chi connectivity index (χ1n) is 28.1. The summed E-state index contributed by atoms with van der Waals surface area (Å²) in [5, 5.41) is 58.0. The van der Waals surface area contributed by atoms with Crippen LogP contribution in [0.25, 0.3) is 0 Å². The summed E-state index contributed by atoms with van der Waals surface area (Å²) in [6.07, 6.45) is 3.48. The normalized spacial score (nSPS) is 20.6.